The lowest BCUT2D eigenvalue weighted by atomic mass is 10.0. The van der Waals surface area contributed by atoms with Crippen LogP contribution in [-0.4, -0.2) is 46.8 Å². The van der Waals surface area contributed by atoms with Gasteiger partial charge in [0.1, 0.15) is 11.9 Å². The molecule has 29 heavy (non-hydrogen) atoms. The minimum Gasteiger partial charge on any atom is -0.446 e. The van der Waals surface area contributed by atoms with Gasteiger partial charge < -0.3 is 25.0 Å². The maximum absolute atomic E-state index is 11.8. The Morgan fingerprint density at radius 3 is 2.72 bits per heavy atom. The summed E-state index contributed by atoms with van der Waals surface area (Å²) in [5, 5.41) is 16.2. The Morgan fingerprint density at radius 1 is 1.28 bits per heavy atom. The quantitative estimate of drug-likeness (QED) is 0.494. The summed E-state index contributed by atoms with van der Waals surface area (Å²) in [5.74, 6) is 1.60. The molecule has 1 aliphatic rings. The first-order chi connectivity index (χ1) is 13.7. The Hall–Kier alpha value is -2.54. The number of anilines is 3. The van der Waals surface area contributed by atoms with Crippen LogP contribution >= 0.6 is 7.29 Å². The molecule has 10 heteroatoms. The molecule has 9 nitrogen and oxygen atoms in total. The number of ether oxygens (including phenoxy) is 1. The Kier molecular flexibility index (Phi) is 6.47. The molecule has 1 aliphatic carbocycles. The third kappa shape index (κ3) is 6.49. The standard InChI is InChI=1S/C19H29N6O3P/c1-12(2)21-19(26)28-15-7-5-13(9-15)16-10-18(24-23-16)22-17-8-6-14(11-20-17)25-29(3,4)27/h6,8,10-13,15H,5,7,9H2,1-4H3,(H,21,26)(H,25,27)(H2,20,22,23,24)/t13-,15+/m1/s1. The average molecular weight is 420 g/mol. The van der Waals surface area contributed by atoms with E-state index in [-0.39, 0.29) is 24.2 Å². The molecule has 0 radical (unpaired) electrons. The molecule has 2 heterocycles. The molecule has 0 aliphatic heterocycles. The molecule has 0 unspecified atom stereocenters. The highest BCUT2D eigenvalue weighted by Crippen LogP contribution is 2.37. The molecule has 2 aromatic heterocycles. The van der Waals surface area contributed by atoms with Gasteiger partial charge in [-0.05, 0) is 45.2 Å². The van der Waals surface area contributed by atoms with E-state index in [9.17, 15) is 9.36 Å². The third-order valence-corrected chi connectivity index (χ3v) is 5.32. The molecule has 1 amide bonds. The summed E-state index contributed by atoms with van der Waals surface area (Å²) in [6.45, 7) is 7.14. The van der Waals surface area contributed by atoms with Crippen LogP contribution in [0.25, 0.3) is 0 Å². The van der Waals surface area contributed by atoms with Crippen LogP contribution in [0.4, 0.5) is 22.1 Å². The lowest BCUT2D eigenvalue weighted by Crippen LogP contribution is -2.33. The Morgan fingerprint density at radius 2 is 2.07 bits per heavy atom. The molecule has 0 bridgehead atoms. The Balaban J connectivity index is 1.53. The fraction of sp³-hybridized carbons (Fsp3) is 0.526. The molecular weight excluding hydrogens is 391 g/mol. The predicted octanol–water partition coefficient (Wildman–Crippen LogP) is 4.27. The van der Waals surface area contributed by atoms with Crippen LogP contribution in [0.5, 0.6) is 0 Å². The lowest BCUT2D eigenvalue weighted by molar-refractivity contribution is 0.0981. The Bertz CT molecular complexity index is 876. The minimum absolute atomic E-state index is 0.0628. The zero-order chi connectivity index (χ0) is 21.0. The number of carbonyl (C=O) groups excluding carboxylic acids is 1. The van der Waals surface area contributed by atoms with E-state index in [0.717, 1.165) is 25.0 Å². The number of amides is 1. The number of nitrogens with one attached hydrogen (secondary N) is 4. The maximum atomic E-state index is 11.8. The first-order valence-corrected chi connectivity index (χ1v) is 12.4. The number of carbonyl (C=O) groups is 1. The van der Waals surface area contributed by atoms with Crippen LogP contribution in [0.1, 0.15) is 44.7 Å². The average Bonchev–Trinajstić information content (AvgIpc) is 3.24. The fourth-order valence-corrected chi connectivity index (χ4v) is 4.09. The predicted molar refractivity (Wildman–Crippen MR) is 114 cm³/mol. The largest absolute Gasteiger partial charge is 0.446 e. The number of aromatic amines is 1. The van der Waals surface area contributed by atoms with E-state index in [1.165, 1.54) is 0 Å². The summed E-state index contributed by atoms with van der Waals surface area (Å²) >= 11 is 0. The van der Waals surface area contributed by atoms with Crippen LogP contribution in [-0.2, 0) is 9.30 Å². The minimum atomic E-state index is -2.36. The molecule has 0 saturated heterocycles. The molecule has 3 rings (SSSR count). The summed E-state index contributed by atoms with van der Waals surface area (Å²) in [4.78, 5) is 16.1. The van der Waals surface area contributed by atoms with Gasteiger partial charge in [-0.15, -0.1) is 0 Å². The van der Waals surface area contributed by atoms with Gasteiger partial charge >= 0.3 is 6.09 Å². The van der Waals surface area contributed by atoms with Crippen LogP contribution in [0.15, 0.2) is 24.4 Å². The van der Waals surface area contributed by atoms with Crippen molar-refractivity contribution < 1.29 is 14.1 Å². The molecule has 4 N–H and O–H groups in total. The number of rotatable bonds is 7. The van der Waals surface area contributed by atoms with Crippen LogP contribution < -0.4 is 15.7 Å². The molecule has 1 fully saturated rings. The van der Waals surface area contributed by atoms with Crippen LogP contribution in [0.2, 0.25) is 0 Å². The second-order valence-electron chi connectivity index (χ2n) is 8.06. The molecule has 158 valence electrons. The first kappa shape index (κ1) is 21.2. The van der Waals surface area contributed by atoms with Crippen molar-refractivity contribution in [3.05, 3.63) is 30.1 Å². The van der Waals surface area contributed by atoms with Crippen molar-refractivity contribution in [2.75, 3.05) is 23.7 Å². The maximum Gasteiger partial charge on any atom is 0.407 e. The van der Waals surface area contributed by atoms with Gasteiger partial charge in [-0.3, -0.25) is 5.10 Å². The summed E-state index contributed by atoms with van der Waals surface area (Å²) < 4.78 is 17.3. The highest BCUT2D eigenvalue weighted by molar-refractivity contribution is 7.63. The number of nitrogens with zero attached hydrogens (tertiary/aromatic N) is 2. The SMILES string of the molecule is CC(C)NC(=O)O[C@H]1CC[C@@H](c2cc(Nc3ccc(NP(C)(C)=O)cn3)n[nH]2)C1. The fourth-order valence-electron chi connectivity index (χ4n) is 3.34. The second-order valence-corrected chi connectivity index (χ2v) is 11.0. The lowest BCUT2D eigenvalue weighted by Gasteiger charge is -2.14. The Labute approximate surface area is 170 Å². The van der Waals surface area contributed by atoms with Gasteiger partial charge in [0.25, 0.3) is 0 Å². The highest BCUT2D eigenvalue weighted by Gasteiger charge is 2.30. The van der Waals surface area contributed by atoms with Gasteiger partial charge in [-0.25, -0.2) is 9.78 Å². The van der Waals surface area contributed by atoms with Gasteiger partial charge in [0.15, 0.2) is 13.1 Å². The van der Waals surface area contributed by atoms with E-state index in [1.54, 1.807) is 25.6 Å². The molecule has 0 spiro atoms. The van der Waals surface area contributed by atoms with Crippen molar-refractivity contribution in [1.29, 1.82) is 0 Å². The number of hydrogen-bond acceptors (Lipinski definition) is 6. The van der Waals surface area contributed by atoms with Crippen molar-refractivity contribution in [2.45, 2.75) is 51.2 Å². The number of hydrogen-bond donors (Lipinski definition) is 4. The zero-order valence-electron chi connectivity index (χ0n) is 17.2. The molecular formula is C19H29N6O3P. The van der Waals surface area contributed by atoms with Gasteiger partial charge in [0.2, 0.25) is 0 Å². The third-order valence-electron chi connectivity index (χ3n) is 4.52. The number of H-pyrrole nitrogens is 1. The summed E-state index contributed by atoms with van der Waals surface area (Å²) in [7, 11) is -2.36. The van der Waals surface area contributed by atoms with Crippen LogP contribution in [0, 0.1) is 0 Å². The van der Waals surface area contributed by atoms with Crippen molar-refractivity contribution >= 4 is 30.7 Å². The second kappa shape index (κ2) is 8.86. The molecule has 0 aromatic carbocycles. The first-order valence-electron chi connectivity index (χ1n) is 9.77. The van der Waals surface area contributed by atoms with E-state index in [0.29, 0.717) is 17.3 Å². The van der Waals surface area contributed by atoms with E-state index >= 15 is 0 Å². The summed E-state index contributed by atoms with van der Waals surface area (Å²) in [5.41, 5.74) is 1.73. The van der Waals surface area contributed by atoms with E-state index in [2.05, 4.69) is 30.9 Å². The summed E-state index contributed by atoms with van der Waals surface area (Å²) in [6, 6.07) is 5.65. The monoisotopic (exact) mass is 420 g/mol. The van der Waals surface area contributed by atoms with Crippen LogP contribution in [0.3, 0.4) is 0 Å². The number of alkyl carbamates (subject to hydrolysis) is 1. The van der Waals surface area contributed by atoms with Gasteiger partial charge in [-0.1, -0.05) is 0 Å². The van der Waals surface area contributed by atoms with Crippen molar-refractivity contribution in [3.8, 4) is 0 Å². The van der Waals surface area contributed by atoms with E-state index in [1.807, 2.05) is 26.0 Å². The van der Waals surface area contributed by atoms with E-state index in [4.69, 9.17) is 4.74 Å². The van der Waals surface area contributed by atoms with E-state index < -0.39 is 7.29 Å². The molecule has 1 saturated carbocycles. The zero-order valence-corrected chi connectivity index (χ0v) is 18.1. The van der Waals surface area contributed by atoms with Gasteiger partial charge in [0.05, 0.1) is 11.9 Å². The van der Waals surface area contributed by atoms with Crippen molar-refractivity contribution in [2.24, 2.45) is 0 Å². The normalized spacial score (nSPS) is 19.2. The van der Waals surface area contributed by atoms with Crippen molar-refractivity contribution in [3.63, 3.8) is 0 Å². The summed E-state index contributed by atoms with van der Waals surface area (Å²) in [6.07, 6.45) is 3.76. The molecule has 2 aromatic rings. The van der Waals surface area contributed by atoms with Gasteiger partial charge in [0, 0.05) is 37.0 Å². The number of aromatic nitrogens is 3. The molecule has 2 atom stereocenters. The number of pyridine rings is 1. The topological polar surface area (TPSA) is 121 Å². The van der Waals surface area contributed by atoms with Gasteiger partial charge in [-0.2, -0.15) is 5.10 Å². The smallest absolute Gasteiger partial charge is 0.407 e. The highest BCUT2D eigenvalue weighted by atomic mass is 31.2. The van der Waals surface area contributed by atoms with Crippen molar-refractivity contribution in [1.82, 2.24) is 20.5 Å².